The van der Waals surface area contributed by atoms with Crippen molar-refractivity contribution in [3.63, 3.8) is 0 Å². The fraction of sp³-hybridized carbons (Fsp3) is 0.179. The van der Waals surface area contributed by atoms with Gasteiger partial charge in [0.25, 0.3) is 11.8 Å². The summed E-state index contributed by atoms with van der Waals surface area (Å²) in [4.78, 5) is 30.2. The predicted octanol–water partition coefficient (Wildman–Crippen LogP) is 8.18. The van der Waals surface area contributed by atoms with Gasteiger partial charge in [0.1, 0.15) is 17.2 Å². The van der Waals surface area contributed by atoms with Gasteiger partial charge >= 0.3 is 0 Å². The quantitative estimate of drug-likeness (QED) is 0.134. The number of carbonyl (C=O) groups excluding carboxylic acids is 2. The number of phenolic OH excluding ortho intramolecular Hbond substituents is 2. The van der Waals surface area contributed by atoms with Crippen LogP contribution in [-0.2, 0) is 9.59 Å². The van der Waals surface area contributed by atoms with E-state index < -0.39 is 0 Å². The largest absolute Gasteiger partial charge is 0.507 e. The molecule has 5 aromatic carbocycles. The molecule has 5 aromatic rings. The van der Waals surface area contributed by atoms with Gasteiger partial charge in [0, 0.05) is 77.3 Å². The molecule has 0 saturated carbocycles. The molecule has 0 bridgehead atoms. The van der Waals surface area contributed by atoms with E-state index in [1.165, 1.54) is 12.2 Å². The molecule has 242 valence electrons. The Labute approximate surface area is 287 Å². The zero-order valence-corrected chi connectivity index (χ0v) is 27.6. The van der Waals surface area contributed by atoms with Crippen molar-refractivity contribution in [2.24, 2.45) is 0 Å². The highest BCUT2D eigenvalue weighted by molar-refractivity contribution is 6.20. The average Bonchev–Trinajstić information content (AvgIpc) is 3.68. The van der Waals surface area contributed by atoms with E-state index in [2.05, 4.69) is 0 Å². The first kappa shape index (κ1) is 31.6. The smallest absolute Gasteiger partial charge is 0.251 e. The first-order chi connectivity index (χ1) is 23.3. The Hall–Kier alpha value is -4.98. The topological polar surface area (TPSA) is 90.3 Å². The zero-order chi connectivity index (χ0) is 33.5. The van der Waals surface area contributed by atoms with Gasteiger partial charge in [-0.25, -0.2) is 0 Å². The molecule has 0 saturated heterocycles. The number of halogens is 2. The summed E-state index contributed by atoms with van der Waals surface area (Å²) in [5.74, 6) is 0.867. The van der Waals surface area contributed by atoms with E-state index >= 15 is 0 Å². The molecular formula is C39H32Cl2N2O5. The molecule has 2 aliphatic rings. The van der Waals surface area contributed by atoms with Crippen molar-refractivity contribution < 1.29 is 24.5 Å². The maximum atomic E-state index is 13.5. The third kappa shape index (κ3) is 5.43. The molecule has 7 nitrogen and oxygen atoms in total. The Morgan fingerprint density at radius 2 is 1.21 bits per heavy atom. The maximum Gasteiger partial charge on any atom is 0.251 e. The fourth-order valence-corrected chi connectivity index (χ4v) is 7.50. The summed E-state index contributed by atoms with van der Waals surface area (Å²) in [6.45, 7) is 0.826. The molecule has 0 fully saturated rings. The first-order valence-corrected chi connectivity index (χ1v) is 16.7. The summed E-state index contributed by atoms with van der Waals surface area (Å²) < 4.78 is 5.64. The van der Waals surface area contributed by atoms with Crippen LogP contribution in [0.25, 0.3) is 33.7 Å². The van der Waals surface area contributed by atoms with Crippen LogP contribution in [0, 0.1) is 0 Å². The summed E-state index contributed by atoms with van der Waals surface area (Å²) in [6.07, 6.45) is 6.39. The number of carbonyl (C=O) groups is 2. The number of anilines is 2. The van der Waals surface area contributed by atoms with Crippen LogP contribution in [-0.4, -0.2) is 54.0 Å². The number of benzene rings is 5. The number of fused-ring (bicyclic) bond motifs is 6. The second-order valence-electron chi connectivity index (χ2n) is 12.0. The van der Waals surface area contributed by atoms with E-state index in [-0.39, 0.29) is 35.1 Å². The molecular weight excluding hydrogens is 647 g/mol. The van der Waals surface area contributed by atoms with Crippen LogP contribution in [0.1, 0.15) is 34.1 Å². The van der Waals surface area contributed by atoms with Gasteiger partial charge in [0.15, 0.2) is 0 Å². The number of nitrogens with zero attached hydrogens (tertiary/aromatic N) is 2. The Balaban J connectivity index is 1.11. The fourth-order valence-electron chi connectivity index (χ4n) is 7.00. The minimum Gasteiger partial charge on any atom is -0.507 e. The molecule has 7 rings (SSSR count). The van der Waals surface area contributed by atoms with Crippen LogP contribution < -0.4 is 14.5 Å². The lowest BCUT2D eigenvalue weighted by Gasteiger charge is -2.17. The first-order valence-electron chi connectivity index (χ1n) is 15.6. The zero-order valence-electron chi connectivity index (χ0n) is 26.1. The molecule has 0 aromatic heterocycles. The summed E-state index contributed by atoms with van der Waals surface area (Å²) >= 11 is 12.7. The maximum absolute atomic E-state index is 13.5. The summed E-state index contributed by atoms with van der Waals surface area (Å²) in [6, 6.07) is 23.9. The summed E-state index contributed by atoms with van der Waals surface area (Å²) in [5, 5.41) is 24.6. The van der Waals surface area contributed by atoms with Crippen LogP contribution >= 0.6 is 23.2 Å². The molecule has 2 N–H and O–H groups in total. The van der Waals surface area contributed by atoms with E-state index in [0.717, 1.165) is 38.2 Å². The SMILES string of the molecule is COc1cc(/C=C/C(=O)N2C[C@@H](CCl)c3c2cc(O)c2ccccc32)ccc1/C=C/C(=O)N1C[C@@H](CCl)c2c1cc(O)c1ccccc21. The van der Waals surface area contributed by atoms with Gasteiger partial charge in [-0.2, -0.15) is 0 Å². The summed E-state index contributed by atoms with van der Waals surface area (Å²) in [5.41, 5.74) is 4.67. The van der Waals surface area contributed by atoms with Crippen molar-refractivity contribution in [1.29, 1.82) is 0 Å². The van der Waals surface area contributed by atoms with Crippen molar-refractivity contribution in [1.82, 2.24) is 0 Å². The van der Waals surface area contributed by atoms with E-state index in [4.69, 9.17) is 27.9 Å². The normalized spacial score (nSPS) is 17.1. The number of methoxy groups -OCH3 is 1. The molecule has 2 atom stereocenters. The standard InChI is InChI=1S/C39H32Cl2N2O5/c1-48-35-16-23(11-14-36(46)42-21-25(19-40)38-29-8-4-2-6-27(29)33(44)17-31(38)42)10-12-24(35)13-15-37(47)43-22-26(20-41)39-30-9-5-3-7-28(30)34(45)18-32(39)43/h2-18,25-26,44-45H,19-22H2,1H3/b14-11+,15-13+/t25-,26-/m1/s1. The Kier molecular flexibility index (Phi) is 8.50. The predicted molar refractivity (Wildman–Crippen MR) is 194 cm³/mol. The number of phenols is 2. The minimum atomic E-state index is -0.241. The lowest BCUT2D eigenvalue weighted by atomic mass is 9.95. The Morgan fingerprint density at radius 1 is 0.729 bits per heavy atom. The lowest BCUT2D eigenvalue weighted by Crippen LogP contribution is -2.28. The Morgan fingerprint density at radius 3 is 1.69 bits per heavy atom. The molecule has 9 heteroatoms. The number of hydrogen-bond acceptors (Lipinski definition) is 5. The molecule has 2 aliphatic heterocycles. The number of aromatic hydroxyl groups is 2. The van der Waals surface area contributed by atoms with Crippen LogP contribution in [0.2, 0.25) is 0 Å². The number of ether oxygens (including phenoxy) is 1. The van der Waals surface area contributed by atoms with Gasteiger partial charge in [0.2, 0.25) is 0 Å². The second-order valence-corrected chi connectivity index (χ2v) is 12.6. The molecule has 2 heterocycles. The molecule has 48 heavy (non-hydrogen) atoms. The monoisotopic (exact) mass is 678 g/mol. The molecule has 0 radical (unpaired) electrons. The highest BCUT2D eigenvalue weighted by Crippen LogP contribution is 2.46. The Bertz CT molecular complexity index is 2160. The van der Waals surface area contributed by atoms with E-state index in [1.54, 1.807) is 47.3 Å². The highest BCUT2D eigenvalue weighted by Gasteiger charge is 2.35. The molecule has 0 unspecified atom stereocenters. The van der Waals surface area contributed by atoms with E-state index in [0.29, 0.717) is 47.5 Å². The third-order valence-electron chi connectivity index (χ3n) is 9.28. The minimum absolute atomic E-state index is 0.0571. The number of hydrogen-bond donors (Lipinski definition) is 2. The van der Waals surface area contributed by atoms with Gasteiger partial charge in [-0.05, 0) is 45.7 Å². The number of amides is 2. The second kappa shape index (κ2) is 12.9. The van der Waals surface area contributed by atoms with Gasteiger partial charge in [-0.3, -0.25) is 9.59 Å². The number of rotatable bonds is 7. The van der Waals surface area contributed by atoms with Gasteiger partial charge in [-0.15, -0.1) is 23.2 Å². The molecule has 0 aliphatic carbocycles. The van der Waals surface area contributed by atoms with Crippen molar-refractivity contribution >= 4 is 80.1 Å². The number of alkyl halides is 2. The van der Waals surface area contributed by atoms with Gasteiger partial charge < -0.3 is 24.7 Å². The lowest BCUT2D eigenvalue weighted by molar-refractivity contribution is -0.114. The average molecular weight is 680 g/mol. The van der Waals surface area contributed by atoms with E-state index in [9.17, 15) is 19.8 Å². The van der Waals surface area contributed by atoms with Crippen molar-refractivity contribution in [2.45, 2.75) is 11.8 Å². The van der Waals surface area contributed by atoms with Gasteiger partial charge in [0.05, 0.1) is 18.5 Å². The van der Waals surface area contributed by atoms with Crippen LogP contribution in [0.3, 0.4) is 0 Å². The third-order valence-corrected chi connectivity index (χ3v) is 10.0. The summed E-state index contributed by atoms with van der Waals surface area (Å²) in [7, 11) is 1.55. The van der Waals surface area contributed by atoms with Crippen molar-refractivity contribution in [3.05, 3.63) is 113 Å². The van der Waals surface area contributed by atoms with Crippen LogP contribution in [0.15, 0.2) is 91.0 Å². The van der Waals surface area contributed by atoms with Gasteiger partial charge in [-0.1, -0.05) is 60.7 Å². The van der Waals surface area contributed by atoms with Crippen molar-refractivity contribution in [3.8, 4) is 17.2 Å². The van der Waals surface area contributed by atoms with Crippen LogP contribution in [0.5, 0.6) is 17.2 Å². The van der Waals surface area contributed by atoms with Crippen LogP contribution in [0.4, 0.5) is 11.4 Å². The molecule has 0 spiro atoms. The molecule has 2 amide bonds. The van der Waals surface area contributed by atoms with E-state index in [1.807, 2.05) is 60.7 Å². The van der Waals surface area contributed by atoms with Crippen molar-refractivity contribution in [2.75, 3.05) is 41.8 Å². The highest BCUT2D eigenvalue weighted by atomic mass is 35.5.